The molecule has 0 fully saturated rings. The number of hydrogen-bond acceptors (Lipinski definition) is 5. The number of nitrogens with zero attached hydrogens (tertiary/aromatic N) is 1. The third-order valence-electron chi connectivity index (χ3n) is 3.06. The van der Waals surface area contributed by atoms with Crippen LogP contribution in [0.1, 0.15) is 34.6 Å². The zero-order chi connectivity index (χ0) is 15.9. The number of carbonyl (C=O) groups excluding carboxylic acids is 3. The molecular formula is C14H26N2O4. The monoisotopic (exact) mass is 286 g/mol. The quantitative estimate of drug-likeness (QED) is 0.661. The second kappa shape index (κ2) is 8.68. The van der Waals surface area contributed by atoms with E-state index in [1.54, 1.807) is 4.90 Å². The van der Waals surface area contributed by atoms with E-state index >= 15 is 0 Å². The summed E-state index contributed by atoms with van der Waals surface area (Å²) < 4.78 is 4.60. The van der Waals surface area contributed by atoms with Crippen LogP contribution in [0.4, 0.5) is 0 Å². The van der Waals surface area contributed by atoms with Gasteiger partial charge in [0.05, 0.1) is 26.2 Å². The van der Waals surface area contributed by atoms with E-state index in [2.05, 4.69) is 10.1 Å². The Morgan fingerprint density at radius 2 is 1.65 bits per heavy atom. The molecule has 6 heteroatoms. The number of esters is 1. The fourth-order valence-corrected chi connectivity index (χ4v) is 1.79. The number of hydrogen-bond donors (Lipinski definition) is 1. The van der Waals surface area contributed by atoms with Crippen LogP contribution in [0.5, 0.6) is 0 Å². The van der Waals surface area contributed by atoms with Gasteiger partial charge in [0.2, 0.25) is 5.91 Å². The summed E-state index contributed by atoms with van der Waals surface area (Å²) in [5, 5.41) is 2.71. The molecular weight excluding hydrogens is 260 g/mol. The van der Waals surface area contributed by atoms with E-state index in [-0.39, 0.29) is 36.7 Å². The second-order valence-electron chi connectivity index (χ2n) is 5.47. The summed E-state index contributed by atoms with van der Waals surface area (Å²) in [6.45, 7) is 9.10. The highest BCUT2D eigenvalue weighted by molar-refractivity contribution is 5.88. The van der Waals surface area contributed by atoms with Gasteiger partial charge in [0, 0.05) is 6.04 Å². The molecule has 0 bridgehead atoms. The van der Waals surface area contributed by atoms with Crippen LogP contribution in [0.25, 0.3) is 0 Å². The minimum atomic E-state index is -0.491. The SMILES string of the molecule is COC(=O)CN(CC(=O)NC(C(C)=O)C(C)C)C(C)C. The minimum Gasteiger partial charge on any atom is -0.468 e. The number of carbonyl (C=O) groups is 3. The van der Waals surface area contributed by atoms with Crippen LogP contribution in [0.3, 0.4) is 0 Å². The van der Waals surface area contributed by atoms with E-state index in [9.17, 15) is 14.4 Å². The van der Waals surface area contributed by atoms with Crippen LogP contribution in [0, 0.1) is 5.92 Å². The second-order valence-corrected chi connectivity index (χ2v) is 5.47. The van der Waals surface area contributed by atoms with Crippen molar-refractivity contribution in [2.24, 2.45) is 5.92 Å². The lowest BCUT2D eigenvalue weighted by Crippen LogP contribution is -2.49. The summed E-state index contributed by atoms with van der Waals surface area (Å²) in [4.78, 5) is 36.4. The average molecular weight is 286 g/mol. The first-order valence-corrected chi connectivity index (χ1v) is 6.79. The van der Waals surface area contributed by atoms with E-state index in [1.807, 2.05) is 27.7 Å². The number of nitrogens with one attached hydrogen (secondary N) is 1. The highest BCUT2D eigenvalue weighted by Gasteiger charge is 2.23. The van der Waals surface area contributed by atoms with Crippen molar-refractivity contribution >= 4 is 17.7 Å². The van der Waals surface area contributed by atoms with E-state index in [0.29, 0.717) is 0 Å². The van der Waals surface area contributed by atoms with Gasteiger partial charge in [-0.05, 0) is 26.7 Å². The largest absolute Gasteiger partial charge is 0.468 e. The zero-order valence-corrected chi connectivity index (χ0v) is 13.2. The molecule has 0 radical (unpaired) electrons. The lowest BCUT2D eigenvalue weighted by atomic mass is 10.0. The predicted octanol–water partition coefficient (Wildman–Crippen LogP) is 0.600. The summed E-state index contributed by atoms with van der Waals surface area (Å²) in [6.07, 6.45) is 0. The molecule has 20 heavy (non-hydrogen) atoms. The first-order chi connectivity index (χ1) is 9.18. The molecule has 0 saturated heterocycles. The molecule has 6 nitrogen and oxygen atoms in total. The van der Waals surface area contributed by atoms with E-state index in [4.69, 9.17) is 0 Å². The zero-order valence-electron chi connectivity index (χ0n) is 13.2. The van der Waals surface area contributed by atoms with Crippen molar-refractivity contribution in [1.82, 2.24) is 10.2 Å². The van der Waals surface area contributed by atoms with Crippen molar-refractivity contribution in [3.05, 3.63) is 0 Å². The van der Waals surface area contributed by atoms with Gasteiger partial charge in [-0.3, -0.25) is 19.3 Å². The Hall–Kier alpha value is -1.43. The standard InChI is InChI=1S/C14H26N2O4/c1-9(2)14(11(5)17)15-12(18)7-16(10(3)4)8-13(19)20-6/h9-10,14H,7-8H2,1-6H3,(H,15,18). The van der Waals surface area contributed by atoms with E-state index in [1.165, 1.54) is 14.0 Å². The fourth-order valence-electron chi connectivity index (χ4n) is 1.79. The molecule has 1 N–H and O–H groups in total. The van der Waals surface area contributed by atoms with Crippen molar-refractivity contribution in [3.63, 3.8) is 0 Å². The van der Waals surface area contributed by atoms with Gasteiger partial charge in [0.15, 0.2) is 5.78 Å². The fraction of sp³-hybridized carbons (Fsp3) is 0.786. The molecule has 0 aromatic heterocycles. The van der Waals surface area contributed by atoms with Crippen LogP contribution in [0.2, 0.25) is 0 Å². The van der Waals surface area contributed by atoms with E-state index < -0.39 is 12.0 Å². The molecule has 0 aromatic carbocycles. The van der Waals surface area contributed by atoms with Crippen molar-refractivity contribution in [2.75, 3.05) is 20.2 Å². The van der Waals surface area contributed by atoms with Gasteiger partial charge in [0.25, 0.3) is 0 Å². The van der Waals surface area contributed by atoms with Crippen LogP contribution in [-0.2, 0) is 19.1 Å². The van der Waals surface area contributed by atoms with Gasteiger partial charge in [-0.2, -0.15) is 0 Å². The topological polar surface area (TPSA) is 75.7 Å². The van der Waals surface area contributed by atoms with Gasteiger partial charge in [-0.1, -0.05) is 13.8 Å². The third kappa shape index (κ3) is 6.65. The van der Waals surface area contributed by atoms with Crippen molar-refractivity contribution < 1.29 is 19.1 Å². The van der Waals surface area contributed by atoms with Gasteiger partial charge in [-0.25, -0.2) is 0 Å². The summed E-state index contributed by atoms with van der Waals surface area (Å²) in [5.74, 6) is -0.697. The molecule has 0 aliphatic carbocycles. The molecule has 116 valence electrons. The number of rotatable bonds is 8. The number of amides is 1. The Morgan fingerprint density at radius 3 is 2.00 bits per heavy atom. The molecule has 1 atom stereocenters. The maximum atomic E-state index is 12.0. The summed E-state index contributed by atoms with van der Waals surface area (Å²) >= 11 is 0. The Morgan fingerprint density at radius 1 is 1.10 bits per heavy atom. The lowest BCUT2D eigenvalue weighted by molar-refractivity contribution is -0.143. The first kappa shape index (κ1) is 18.6. The molecule has 0 aliphatic heterocycles. The summed E-state index contributed by atoms with van der Waals surface area (Å²) in [5.41, 5.74) is 0. The Labute approximate surface area is 120 Å². The van der Waals surface area contributed by atoms with Crippen LogP contribution < -0.4 is 5.32 Å². The van der Waals surface area contributed by atoms with Crippen LogP contribution in [0.15, 0.2) is 0 Å². The molecule has 0 rings (SSSR count). The van der Waals surface area contributed by atoms with Gasteiger partial charge < -0.3 is 10.1 Å². The molecule has 0 saturated carbocycles. The summed E-state index contributed by atoms with van der Waals surface area (Å²) in [7, 11) is 1.31. The maximum Gasteiger partial charge on any atom is 0.319 e. The summed E-state index contributed by atoms with van der Waals surface area (Å²) in [6, 6.07) is -0.468. The van der Waals surface area contributed by atoms with Gasteiger partial charge >= 0.3 is 5.97 Å². The van der Waals surface area contributed by atoms with Crippen molar-refractivity contribution in [1.29, 1.82) is 0 Å². The minimum absolute atomic E-state index is 0.0229. The maximum absolute atomic E-state index is 12.0. The van der Waals surface area contributed by atoms with Crippen LogP contribution in [-0.4, -0.2) is 54.8 Å². The highest BCUT2D eigenvalue weighted by Crippen LogP contribution is 2.04. The Kier molecular flexibility index (Phi) is 8.06. The van der Waals surface area contributed by atoms with Crippen molar-refractivity contribution in [2.45, 2.75) is 46.7 Å². The Balaban J connectivity index is 4.60. The molecule has 0 spiro atoms. The smallest absolute Gasteiger partial charge is 0.319 e. The Bertz CT molecular complexity index is 353. The number of ketones is 1. The number of Topliss-reactive ketones (excluding diaryl/α,β-unsaturated/α-hetero) is 1. The first-order valence-electron chi connectivity index (χ1n) is 6.79. The molecule has 0 aromatic rings. The number of ether oxygens (including phenoxy) is 1. The van der Waals surface area contributed by atoms with Gasteiger partial charge in [-0.15, -0.1) is 0 Å². The molecule has 0 heterocycles. The van der Waals surface area contributed by atoms with E-state index in [0.717, 1.165) is 0 Å². The molecule has 0 aliphatic rings. The molecule has 1 amide bonds. The van der Waals surface area contributed by atoms with Crippen molar-refractivity contribution in [3.8, 4) is 0 Å². The predicted molar refractivity (Wildman–Crippen MR) is 76.2 cm³/mol. The highest BCUT2D eigenvalue weighted by atomic mass is 16.5. The van der Waals surface area contributed by atoms with Gasteiger partial charge in [0.1, 0.15) is 0 Å². The molecule has 1 unspecified atom stereocenters. The lowest BCUT2D eigenvalue weighted by Gasteiger charge is -2.26. The average Bonchev–Trinajstić information content (AvgIpc) is 2.33. The van der Waals surface area contributed by atoms with Crippen LogP contribution >= 0.6 is 0 Å². The number of methoxy groups -OCH3 is 1. The third-order valence-corrected chi connectivity index (χ3v) is 3.06. The normalized spacial score (nSPS) is 12.7.